The average Bonchev–Trinajstić information content (AvgIpc) is 2.33. The molecule has 1 heterocycles. The third kappa shape index (κ3) is 3.24. The van der Waals surface area contributed by atoms with Crippen molar-refractivity contribution >= 4 is 39.1 Å². The van der Waals surface area contributed by atoms with Crippen molar-refractivity contribution in [1.29, 1.82) is 0 Å². The molecule has 0 aliphatic heterocycles. The van der Waals surface area contributed by atoms with E-state index in [1.807, 2.05) is 0 Å². The molecule has 0 fully saturated rings. The number of nitrogens with zero attached hydrogens (tertiary/aromatic N) is 1. The number of aromatic hydroxyl groups is 1. The molecule has 0 spiro atoms. The highest BCUT2D eigenvalue weighted by Crippen LogP contribution is 2.24. The van der Waals surface area contributed by atoms with Gasteiger partial charge in [0.2, 0.25) is 0 Å². The molecule has 0 unspecified atom stereocenters. The fraction of sp³-hybridized carbons (Fsp3) is 0.0769. The predicted molar refractivity (Wildman–Crippen MR) is 77.7 cm³/mol. The molecule has 0 saturated carbocycles. The van der Waals surface area contributed by atoms with Crippen molar-refractivity contribution in [2.24, 2.45) is 0 Å². The minimum absolute atomic E-state index is 0.121. The highest BCUT2D eigenvalue weighted by atomic mass is 79.9. The molecule has 0 radical (unpaired) electrons. The molecule has 2 rings (SSSR count). The number of nitrogens with one attached hydrogen (secondary N) is 1. The lowest BCUT2D eigenvalue weighted by Crippen LogP contribution is -2.13. The Kier molecular flexibility index (Phi) is 4.07. The van der Waals surface area contributed by atoms with E-state index in [4.69, 9.17) is 11.6 Å². The molecule has 2 aromatic rings. The maximum atomic E-state index is 12.1. The number of benzene rings is 1. The number of phenols is 1. The van der Waals surface area contributed by atoms with E-state index in [0.29, 0.717) is 16.8 Å². The number of rotatable bonds is 2. The van der Waals surface area contributed by atoms with E-state index in [2.05, 4.69) is 26.2 Å². The van der Waals surface area contributed by atoms with Crippen molar-refractivity contribution < 1.29 is 9.90 Å². The lowest BCUT2D eigenvalue weighted by Gasteiger charge is -2.09. The predicted octanol–water partition coefficient (Wildman–Crippen LogP) is 3.76. The van der Waals surface area contributed by atoms with Crippen LogP contribution in [0.4, 0.5) is 5.69 Å². The summed E-state index contributed by atoms with van der Waals surface area (Å²) < 4.78 is 0.717. The molecule has 1 amide bonds. The number of carbonyl (C=O) groups excluding carboxylic acids is 1. The molecular weight excluding hydrogens is 332 g/mol. The van der Waals surface area contributed by atoms with Gasteiger partial charge < -0.3 is 10.4 Å². The fourth-order valence-corrected chi connectivity index (χ4v) is 2.08. The van der Waals surface area contributed by atoms with Crippen LogP contribution in [0.1, 0.15) is 15.9 Å². The Labute approximate surface area is 123 Å². The third-order valence-electron chi connectivity index (χ3n) is 2.51. The van der Waals surface area contributed by atoms with E-state index in [0.717, 1.165) is 4.47 Å². The molecule has 6 heteroatoms. The molecule has 0 aliphatic rings. The summed E-state index contributed by atoms with van der Waals surface area (Å²) in [7, 11) is 0. The SMILES string of the molecule is Cc1cc(O)ccc1C(=O)Nc1cc(Br)cnc1Cl. The van der Waals surface area contributed by atoms with Crippen LogP contribution in [0.15, 0.2) is 34.9 Å². The van der Waals surface area contributed by atoms with Crippen molar-refractivity contribution in [1.82, 2.24) is 4.98 Å². The maximum Gasteiger partial charge on any atom is 0.256 e. The first-order valence-electron chi connectivity index (χ1n) is 5.39. The maximum absolute atomic E-state index is 12.1. The molecule has 2 N–H and O–H groups in total. The number of carbonyl (C=O) groups is 1. The lowest BCUT2D eigenvalue weighted by molar-refractivity contribution is 0.102. The van der Waals surface area contributed by atoms with Gasteiger partial charge in [-0.15, -0.1) is 0 Å². The molecular formula is C13H10BrClN2O2. The molecule has 4 nitrogen and oxygen atoms in total. The third-order valence-corrected chi connectivity index (χ3v) is 3.24. The number of halogens is 2. The van der Waals surface area contributed by atoms with Gasteiger partial charge in [0, 0.05) is 16.2 Å². The zero-order chi connectivity index (χ0) is 14.0. The Morgan fingerprint density at radius 1 is 1.42 bits per heavy atom. The van der Waals surface area contributed by atoms with E-state index in [9.17, 15) is 9.90 Å². The molecule has 0 bridgehead atoms. The summed E-state index contributed by atoms with van der Waals surface area (Å²) in [6.45, 7) is 1.75. The fourth-order valence-electron chi connectivity index (χ4n) is 1.60. The summed E-state index contributed by atoms with van der Waals surface area (Å²) in [4.78, 5) is 16.0. The highest BCUT2D eigenvalue weighted by Gasteiger charge is 2.12. The average molecular weight is 342 g/mol. The van der Waals surface area contributed by atoms with Crippen LogP contribution < -0.4 is 5.32 Å². The smallest absolute Gasteiger partial charge is 0.256 e. The quantitative estimate of drug-likeness (QED) is 0.818. The normalized spacial score (nSPS) is 10.3. The van der Waals surface area contributed by atoms with Crippen LogP contribution in [-0.2, 0) is 0 Å². The molecule has 1 aromatic heterocycles. The van der Waals surface area contributed by atoms with Gasteiger partial charge in [-0.25, -0.2) is 4.98 Å². The number of phenolic OH excluding ortho intramolecular Hbond substituents is 1. The van der Waals surface area contributed by atoms with Gasteiger partial charge >= 0.3 is 0 Å². The largest absolute Gasteiger partial charge is 0.508 e. The molecule has 1 aromatic carbocycles. The van der Waals surface area contributed by atoms with Crippen molar-refractivity contribution in [2.45, 2.75) is 6.92 Å². The van der Waals surface area contributed by atoms with Crippen molar-refractivity contribution in [3.05, 3.63) is 51.2 Å². The van der Waals surface area contributed by atoms with Crippen LogP contribution in [0.3, 0.4) is 0 Å². The monoisotopic (exact) mass is 340 g/mol. The molecule has 0 saturated heterocycles. The number of pyridine rings is 1. The first-order chi connectivity index (χ1) is 8.97. The second-order valence-corrected chi connectivity index (χ2v) is 5.22. The Morgan fingerprint density at radius 2 is 2.16 bits per heavy atom. The lowest BCUT2D eigenvalue weighted by atomic mass is 10.1. The molecule has 0 atom stereocenters. The Morgan fingerprint density at radius 3 is 2.84 bits per heavy atom. The van der Waals surface area contributed by atoms with Gasteiger partial charge in [-0.1, -0.05) is 11.6 Å². The summed E-state index contributed by atoms with van der Waals surface area (Å²) in [6, 6.07) is 6.21. The summed E-state index contributed by atoms with van der Waals surface area (Å²) in [5.41, 5.74) is 1.57. The topological polar surface area (TPSA) is 62.2 Å². The Balaban J connectivity index is 2.28. The summed E-state index contributed by atoms with van der Waals surface area (Å²) in [5, 5.41) is 12.2. The first kappa shape index (κ1) is 13.8. The summed E-state index contributed by atoms with van der Waals surface area (Å²) >= 11 is 9.17. The Bertz CT molecular complexity index is 647. The number of aryl methyl sites for hydroxylation is 1. The van der Waals surface area contributed by atoms with Gasteiger partial charge in [0.25, 0.3) is 5.91 Å². The second kappa shape index (κ2) is 5.59. The van der Waals surface area contributed by atoms with E-state index in [1.54, 1.807) is 25.3 Å². The number of amides is 1. The van der Waals surface area contributed by atoms with Crippen LogP contribution in [0.25, 0.3) is 0 Å². The van der Waals surface area contributed by atoms with Crippen molar-refractivity contribution in [2.75, 3.05) is 5.32 Å². The van der Waals surface area contributed by atoms with Crippen LogP contribution >= 0.6 is 27.5 Å². The van der Waals surface area contributed by atoms with Gasteiger partial charge in [-0.3, -0.25) is 4.79 Å². The first-order valence-corrected chi connectivity index (χ1v) is 6.56. The van der Waals surface area contributed by atoms with Crippen LogP contribution in [0, 0.1) is 6.92 Å². The number of hydrogen-bond donors (Lipinski definition) is 2. The minimum Gasteiger partial charge on any atom is -0.508 e. The van der Waals surface area contributed by atoms with Gasteiger partial charge in [-0.05, 0) is 52.7 Å². The van der Waals surface area contributed by atoms with Crippen molar-refractivity contribution in [3.63, 3.8) is 0 Å². The van der Waals surface area contributed by atoms with Gasteiger partial charge in [-0.2, -0.15) is 0 Å². The summed E-state index contributed by atoms with van der Waals surface area (Å²) in [5.74, 6) is -0.185. The second-order valence-electron chi connectivity index (χ2n) is 3.95. The zero-order valence-corrected chi connectivity index (χ0v) is 12.3. The van der Waals surface area contributed by atoms with Gasteiger partial charge in [0.1, 0.15) is 5.75 Å². The minimum atomic E-state index is -0.306. The molecule has 19 heavy (non-hydrogen) atoms. The van der Waals surface area contributed by atoms with Gasteiger partial charge in [0.05, 0.1) is 5.69 Å². The van der Waals surface area contributed by atoms with E-state index in [-0.39, 0.29) is 16.8 Å². The van der Waals surface area contributed by atoms with Crippen molar-refractivity contribution in [3.8, 4) is 5.75 Å². The number of aromatic nitrogens is 1. The van der Waals surface area contributed by atoms with Crippen LogP contribution in [0.2, 0.25) is 5.15 Å². The number of anilines is 1. The number of hydrogen-bond acceptors (Lipinski definition) is 3. The van der Waals surface area contributed by atoms with Crippen LogP contribution in [-0.4, -0.2) is 16.0 Å². The Hall–Kier alpha value is -1.59. The standard InChI is InChI=1S/C13H10BrClN2O2/c1-7-4-9(18)2-3-10(7)13(19)17-11-5-8(14)6-16-12(11)15/h2-6,18H,1H3,(H,17,19). The van der Waals surface area contributed by atoms with E-state index in [1.165, 1.54) is 12.1 Å². The van der Waals surface area contributed by atoms with E-state index >= 15 is 0 Å². The zero-order valence-electron chi connectivity index (χ0n) is 9.95. The highest BCUT2D eigenvalue weighted by molar-refractivity contribution is 9.10. The summed E-state index contributed by atoms with van der Waals surface area (Å²) in [6.07, 6.45) is 1.55. The van der Waals surface area contributed by atoms with Crippen LogP contribution in [0.5, 0.6) is 5.75 Å². The van der Waals surface area contributed by atoms with Gasteiger partial charge in [0.15, 0.2) is 5.15 Å². The molecule has 0 aliphatic carbocycles. The molecule has 98 valence electrons. The van der Waals surface area contributed by atoms with E-state index < -0.39 is 0 Å².